The highest BCUT2D eigenvalue weighted by molar-refractivity contribution is 6.74. The minimum absolute atomic E-state index is 0.159. The number of rotatable bonds is 4. The third-order valence-electron chi connectivity index (χ3n) is 5.50. The number of benzene rings is 1. The summed E-state index contributed by atoms with van der Waals surface area (Å²) in [5.74, 6) is 0. The van der Waals surface area contributed by atoms with Crippen molar-refractivity contribution in [2.75, 3.05) is 0 Å². The minimum Gasteiger partial charge on any atom is -0.413 e. The van der Waals surface area contributed by atoms with E-state index in [0.717, 1.165) is 16.7 Å². The van der Waals surface area contributed by atoms with Gasteiger partial charge in [-0.15, -0.1) is 0 Å². The number of aliphatic hydroxyl groups is 2. The van der Waals surface area contributed by atoms with Crippen molar-refractivity contribution in [2.45, 2.75) is 83.8 Å². The van der Waals surface area contributed by atoms with Crippen LogP contribution in [-0.4, -0.2) is 30.7 Å². The summed E-state index contributed by atoms with van der Waals surface area (Å²) >= 11 is 0. The van der Waals surface area contributed by atoms with E-state index in [0.29, 0.717) is 19.6 Å². The number of ether oxygens (including phenoxy) is 1. The summed E-state index contributed by atoms with van der Waals surface area (Å²) in [6, 6.07) is 5.96. The standard InChI is InChI=1S/C19H32O4Si/c1-13(20)18-10-17(21)15-9-7-8-14(16(15)12-22-18)11-23-24(5,6)19(2,3)4/h7-9,13,17-18,20-21H,10-12H2,1-6H3/t13-,17+,18+/m1/s1. The van der Waals surface area contributed by atoms with Gasteiger partial charge in [-0.1, -0.05) is 39.0 Å². The van der Waals surface area contributed by atoms with Gasteiger partial charge in [0, 0.05) is 6.42 Å². The fourth-order valence-corrected chi connectivity index (χ4v) is 3.64. The van der Waals surface area contributed by atoms with E-state index >= 15 is 0 Å². The molecule has 0 fully saturated rings. The molecule has 24 heavy (non-hydrogen) atoms. The Bertz CT molecular complexity index is 563. The summed E-state index contributed by atoms with van der Waals surface area (Å²) < 4.78 is 12.2. The monoisotopic (exact) mass is 352 g/mol. The Morgan fingerprint density at radius 2 is 2.00 bits per heavy atom. The lowest BCUT2D eigenvalue weighted by atomic mass is 9.95. The molecule has 2 rings (SSSR count). The van der Waals surface area contributed by atoms with E-state index in [2.05, 4.69) is 33.9 Å². The molecule has 0 unspecified atom stereocenters. The van der Waals surface area contributed by atoms with Crippen molar-refractivity contribution in [1.29, 1.82) is 0 Å². The molecule has 0 saturated carbocycles. The van der Waals surface area contributed by atoms with Gasteiger partial charge in [-0.3, -0.25) is 0 Å². The summed E-state index contributed by atoms with van der Waals surface area (Å²) in [7, 11) is -1.84. The maximum atomic E-state index is 10.5. The lowest BCUT2D eigenvalue weighted by Gasteiger charge is -2.36. The molecule has 1 aliphatic rings. The van der Waals surface area contributed by atoms with Crippen LogP contribution in [0.3, 0.4) is 0 Å². The van der Waals surface area contributed by atoms with Crippen LogP contribution in [0, 0.1) is 0 Å². The summed E-state index contributed by atoms with van der Waals surface area (Å²) in [6.07, 6.45) is -1.14. The smallest absolute Gasteiger partial charge is 0.192 e. The summed E-state index contributed by atoms with van der Waals surface area (Å²) in [5.41, 5.74) is 2.98. The Kier molecular flexibility index (Phi) is 5.93. The molecule has 0 aromatic heterocycles. The third-order valence-corrected chi connectivity index (χ3v) is 9.98. The molecular weight excluding hydrogens is 320 g/mol. The Balaban J connectivity index is 2.22. The van der Waals surface area contributed by atoms with Gasteiger partial charge in [0.15, 0.2) is 8.32 Å². The van der Waals surface area contributed by atoms with Crippen molar-refractivity contribution in [3.63, 3.8) is 0 Å². The summed E-state index contributed by atoms with van der Waals surface area (Å²) in [5, 5.41) is 20.5. The highest BCUT2D eigenvalue weighted by Gasteiger charge is 2.37. The van der Waals surface area contributed by atoms with E-state index in [9.17, 15) is 10.2 Å². The molecule has 0 saturated heterocycles. The van der Waals surface area contributed by atoms with Gasteiger partial charge in [-0.05, 0) is 41.7 Å². The fourth-order valence-electron chi connectivity index (χ4n) is 2.69. The fraction of sp³-hybridized carbons (Fsp3) is 0.684. The van der Waals surface area contributed by atoms with Crippen LogP contribution in [0.4, 0.5) is 0 Å². The van der Waals surface area contributed by atoms with Crippen LogP contribution in [0.2, 0.25) is 18.1 Å². The molecule has 0 bridgehead atoms. The first-order valence-corrected chi connectivity index (χ1v) is 11.7. The molecule has 136 valence electrons. The van der Waals surface area contributed by atoms with Gasteiger partial charge in [-0.25, -0.2) is 0 Å². The average molecular weight is 353 g/mol. The Hall–Kier alpha value is -0.723. The van der Waals surface area contributed by atoms with Gasteiger partial charge >= 0.3 is 0 Å². The molecule has 0 radical (unpaired) electrons. The summed E-state index contributed by atoms with van der Waals surface area (Å²) in [4.78, 5) is 0. The second-order valence-electron chi connectivity index (χ2n) is 8.38. The van der Waals surface area contributed by atoms with Crippen molar-refractivity contribution >= 4 is 8.32 Å². The zero-order valence-electron chi connectivity index (χ0n) is 15.8. The molecule has 0 amide bonds. The third kappa shape index (κ3) is 4.27. The quantitative estimate of drug-likeness (QED) is 0.807. The molecule has 1 aromatic rings. The van der Waals surface area contributed by atoms with Gasteiger partial charge in [0.05, 0.1) is 31.5 Å². The Morgan fingerprint density at radius 1 is 1.33 bits per heavy atom. The maximum absolute atomic E-state index is 10.5. The predicted molar refractivity (Wildman–Crippen MR) is 98.3 cm³/mol. The van der Waals surface area contributed by atoms with Crippen LogP contribution in [0.25, 0.3) is 0 Å². The van der Waals surface area contributed by atoms with Crippen LogP contribution >= 0.6 is 0 Å². The molecule has 3 atom stereocenters. The molecule has 0 aliphatic carbocycles. The lowest BCUT2D eigenvalue weighted by Crippen LogP contribution is -2.40. The molecule has 2 N–H and O–H groups in total. The van der Waals surface area contributed by atoms with Gasteiger partial charge < -0.3 is 19.4 Å². The van der Waals surface area contributed by atoms with E-state index in [1.165, 1.54) is 0 Å². The largest absolute Gasteiger partial charge is 0.413 e. The molecule has 1 aromatic carbocycles. The summed E-state index contributed by atoms with van der Waals surface area (Å²) in [6.45, 7) is 13.8. The molecule has 4 nitrogen and oxygen atoms in total. The lowest BCUT2D eigenvalue weighted by molar-refractivity contribution is -0.0536. The van der Waals surface area contributed by atoms with E-state index < -0.39 is 20.5 Å². The van der Waals surface area contributed by atoms with Crippen molar-refractivity contribution in [3.05, 3.63) is 34.9 Å². The van der Waals surface area contributed by atoms with Crippen LogP contribution in [-0.2, 0) is 22.4 Å². The minimum atomic E-state index is -1.84. The first-order valence-electron chi connectivity index (χ1n) is 8.75. The number of hydrogen-bond donors (Lipinski definition) is 2. The number of aliphatic hydroxyl groups excluding tert-OH is 2. The SMILES string of the molecule is C[C@@H](O)[C@@H]1C[C@H](O)c2cccc(CO[Si](C)(C)C(C)(C)C)c2CO1. The van der Waals surface area contributed by atoms with E-state index in [1.54, 1.807) is 6.92 Å². The maximum Gasteiger partial charge on any atom is 0.192 e. The van der Waals surface area contributed by atoms with E-state index in [4.69, 9.17) is 9.16 Å². The molecule has 1 heterocycles. The van der Waals surface area contributed by atoms with Crippen molar-refractivity contribution < 1.29 is 19.4 Å². The van der Waals surface area contributed by atoms with Crippen LogP contribution in [0.15, 0.2) is 18.2 Å². The average Bonchev–Trinajstić information content (AvgIpc) is 2.64. The number of hydrogen-bond acceptors (Lipinski definition) is 4. The zero-order valence-corrected chi connectivity index (χ0v) is 16.8. The predicted octanol–water partition coefficient (Wildman–Crippen LogP) is 3.91. The van der Waals surface area contributed by atoms with Gasteiger partial charge in [0.25, 0.3) is 0 Å². The highest BCUT2D eigenvalue weighted by atomic mass is 28.4. The topological polar surface area (TPSA) is 58.9 Å². The van der Waals surface area contributed by atoms with Crippen LogP contribution in [0.1, 0.15) is 56.9 Å². The second-order valence-corrected chi connectivity index (χ2v) is 13.2. The first kappa shape index (κ1) is 19.6. The van der Waals surface area contributed by atoms with E-state index in [-0.39, 0.29) is 11.1 Å². The zero-order chi connectivity index (χ0) is 18.1. The van der Waals surface area contributed by atoms with Gasteiger partial charge in [0.1, 0.15) is 0 Å². The normalized spacial score (nSPS) is 23.5. The van der Waals surface area contributed by atoms with Crippen molar-refractivity contribution in [3.8, 4) is 0 Å². The highest BCUT2D eigenvalue weighted by Crippen LogP contribution is 2.38. The first-order chi connectivity index (χ1) is 11.0. The molecule has 5 heteroatoms. The van der Waals surface area contributed by atoms with E-state index in [1.807, 2.05) is 18.2 Å². The second kappa shape index (κ2) is 7.26. The number of fused-ring (bicyclic) bond motifs is 1. The van der Waals surface area contributed by atoms with Crippen molar-refractivity contribution in [1.82, 2.24) is 0 Å². The van der Waals surface area contributed by atoms with Gasteiger partial charge in [-0.2, -0.15) is 0 Å². The Labute approximate surface area is 146 Å². The molecule has 0 spiro atoms. The van der Waals surface area contributed by atoms with Crippen LogP contribution < -0.4 is 0 Å². The van der Waals surface area contributed by atoms with Crippen LogP contribution in [0.5, 0.6) is 0 Å². The van der Waals surface area contributed by atoms with Gasteiger partial charge in [0.2, 0.25) is 0 Å². The van der Waals surface area contributed by atoms with Crippen molar-refractivity contribution in [2.24, 2.45) is 0 Å². The molecule has 1 aliphatic heterocycles. The molecular formula is C19H32O4Si. The Morgan fingerprint density at radius 3 is 2.58 bits per heavy atom.